The fraction of sp³-hybridized carbons (Fsp3) is 0.250. The van der Waals surface area contributed by atoms with Crippen LogP contribution in [0.5, 0.6) is 0 Å². The molecule has 2 amide bonds. The molecule has 7 nitrogen and oxygen atoms in total. The molecule has 35 heavy (non-hydrogen) atoms. The van der Waals surface area contributed by atoms with Gasteiger partial charge < -0.3 is 20.5 Å². The molecule has 1 aliphatic rings. The Morgan fingerprint density at radius 3 is 2.00 bits per heavy atom. The van der Waals surface area contributed by atoms with Crippen molar-refractivity contribution < 1.29 is 24.2 Å². The molecule has 0 spiro atoms. The largest absolute Gasteiger partial charge is 0.478 e. The Labute approximate surface area is 204 Å². The van der Waals surface area contributed by atoms with Crippen molar-refractivity contribution in [3.63, 3.8) is 0 Å². The monoisotopic (exact) mass is 472 g/mol. The van der Waals surface area contributed by atoms with Gasteiger partial charge in [-0.25, -0.2) is 9.59 Å². The Morgan fingerprint density at radius 1 is 0.886 bits per heavy atom. The van der Waals surface area contributed by atoms with Crippen LogP contribution in [-0.2, 0) is 16.1 Å². The van der Waals surface area contributed by atoms with Gasteiger partial charge in [0.15, 0.2) is 0 Å². The molecule has 3 aromatic carbocycles. The van der Waals surface area contributed by atoms with E-state index in [1.54, 1.807) is 12.1 Å². The maximum atomic E-state index is 12.8. The van der Waals surface area contributed by atoms with Crippen molar-refractivity contribution in [3.05, 3.63) is 95.1 Å². The first kappa shape index (κ1) is 24.0. The zero-order chi connectivity index (χ0) is 24.9. The summed E-state index contributed by atoms with van der Waals surface area (Å²) in [6, 6.07) is 21.7. The van der Waals surface area contributed by atoms with Crippen molar-refractivity contribution in [3.8, 4) is 11.1 Å². The highest BCUT2D eigenvalue weighted by Gasteiger charge is 2.30. The van der Waals surface area contributed by atoms with Crippen molar-refractivity contribution in [2.45, 2.75) is 32.4 Å². The van der Waals surface area contributed by atoms with E-state index in [0.29, 0.717) is 0 Å². The zero-order valence-corrected chi connectivity index (χ0v) is 19.7. The van der Waals surface area contributed by atoms with E-state index in [9.17, 15) is 14.4 Å². The molecule has 3 N–H and O–H groups in total. The van der Waals surface area contributed by atoms with Crippen LogP contribution in [0.1, 0.15) is 46.8 Å². The number of fused-ring (bicyclic) bond motifs is 3. The van der Waals surface area contributed by atoms with Gasteiger partial charge in [-0.05, 0) is 45.9 Å². The molecule has 0 saturated heterocycles. The van der Waals surface area contributed by atoms with Crippen LogP contribution in [0.25, 0.3) is 11.1 Å². The Balaban J connectivity index is 1.35. The second kappa shape index (κ2) is 10.4. The van der Waals surface area contributed by atoms with Gasteiger partial charge in [0.2, 0.25) is 5.91 Å². The summed E-state index contributed by atoms with van der Waals surface area (Å²) in [7, 11) is 0. The Bertz CT molecular complexity index is 1190. The minimum absolute atomic E-state index is 0.0618. The van der Waals surface area contributed by atoms with Crippen molar-refractivity contribution in [2.24, 2.45) is 5.92 Å². The topological polar surface area (TPSA) is 105 Å². The third-order valence-electron chi connectivity index (χ3n) is 6.23. The molecular formula is C28H28N2O5. The predicted octanol–water partition coefficient (Wildman–Crippen LogP) is 4.56. The van der Waals surface area contributed by atoms with Crippen molar-refractivity contribution in [1.82, 2.24) is 10.6 Å². The first-order valence-corrected chi connectivity index (χ1v) is 11.6. The van der Waals surface area contributed by atoms with E-state index >= 15 is 0 Å². The Kier molecular flexibility index (Phi) is 7.15. The number of alkyl carbamates (subject to hydrolysis) is 1. The molecule has 0 heterocycles. The molecule has 0 fully saturated rings. The summed E-state index contributed by atoms with van der Waals surface area (Å²) in [5, 5.41) is 14.5. The fourth-order valence-corrected chi connectivity index (χ4v) is 4.37. The highest BCUT2D eigenvalue weighted by Crippen LogP contribution is 2.44. The molecule has 1 aliphatic carbocycles. The number of benzene rings is 3. The van der Waals surface area contributed by atoms with Crippen LogP contribution in [0.2, 0.25) is 0 Å². The van der Waals surface area contributed by atoms with Crippen LogP contribution >= 0.6 is 0 Å². The standard InChI is InChI=1S/C28H28N2O5/c1-17(2)25(26(31)29-15-18-11-13-19(14-12-18)27(32)33)30-28(34)35-16-24-22-9-5-3-7-20(22)21-8-4-6-10-23(21)24/h3-14,17,24-25H,15-16H2,1-2H3,(H,29,31)(H,30,34)(H,32,33). The van der Waals surface area contributed by atoms with E-state index in [0.717, 1.165) is 27.8 Å². The lowest BCUT2D eigenvalue weighted by Crippen LogP contribution is -2.49. The maximum Gasteiger partial charge on any atom is 0.407 e. The third-order valence-corrected chi connectivity index (χ3v) is 6.23. The number of hydrogen-bond acceptors (Lipinski definition) is 4. The van der Waals surface area contributed by atoms with Gasteiger partial charge in [-0.1, -0.05) is 74.5 Å². The van der Waals surface area contributed by atoms with E-state index < -0.39 is 18.1 Å². The number of rotatable bonds is 8. The van der Waals surface area contributed by atoms with Gasteiger partial charge in [0.25, 0.3) is 0 Å². The third kappa shape index (κ3) is 5.35. The summed E-state index contributed by atoms with van der Waals surface area (Å²) < 4.78 is 5.58. The summed E-state index contributed by atoms with van der Waals surface area (Å²) in [4.78, 5) is 36.4. The predicted molar refractivity (Wildman–Crippen MR) is 132 cm³/mol. The molecule has 0 aromatic heterocycles. The summed E-state index contributed by atoms with van der Waals surface area (Å²) >= 11 is 0. The van der Waals surface area contributed by atoms with Crippen molar-refractivity contribution >= 4 is 18.0 Å². The second-order valence-corrected chi connectivity index (χ2v) is 8.91. The number of nitrogens with one attached hydrogen (secondary N) is 2. The van der Waals surface area contributed by atoms with Gasteiger partial charge in [-0.3, -0.25) is 4.79 Å². The quantitative estimate of drug-likeness (QED) is 0.446. The van der Waals surface area contributed by atoms with Gasteiger partial charge in [-0.15, -0.1) is 0 Å². The number of hydrogen-bond donors (Lipinski definition) is 3. The van der Waals surface area contributed by atoms with Crippen molar-refractivity contribution in [2.75, 3.05) is 6.61 Å². The first-order chi connectivity index (χ1) is 16.8. The van der Waals surface area contributed by atoms with Gasteiger partial charge in [0, 0.05) is 12.5 Å². The molecule has 1 unspecified atom stereocenters. The van der Waals surface area contributed by atoms with Gasteiger partial charge in [0.1, 0.15) is 12.6 Å². The van der Waals surface area contributed by atoms with Crippen LogP contribution < -0.4 is 10.6 Å². The minimum Gasteiger partial charge on any atom is -0.478 e. The van der Waals surface area contributed by atoms with Crippen LogP contribution in [-0.4, -0.2) is 35.7 Å². The first-order valence-electron chi connectivity index (χ1n) is 11.6. The molecule has 4 rings (SSSR count). The van der Waals surface area contributed by atoms with Crippen molar-refractivity contribution in [1.29, 1.82) is 0 Å². The van der Waals surface area contributed by atoms with Gasteiger partial charge in [0.05, 0.1) is 5.56 Å². The summed E-state index contributed by atoms with van der Waals surface area (Å²) in [6.45, 7) is 4.07. The number of amides is 2. The number of carbonyl (C=O) groups excluding carboxylic acids is 2. The van der Waals surface area contributed by atoms with E-state index in [-0.39, 0.29) is 36.5 Å². The molecular weight excluding hydrogens is 444 g/mol. The average Bonchev–Trinajstić information content (AvgIpc) is 3.18. The summed E-state index contributed by atoms with van der Waals surface area (Å²) in [5.41, 5.74) is 5.46. The highest BCUT2D eigenvalue weighted by atomic mass is 16.5. The highest BCUT2D eigenvalue weighted by molar-refractivity contribution is 5.88. The molecule has 0 radical (unpaired) electrons. The molecule has 0 saturated carbocycles. The average molecular weight is 473 g/mol. The van der Waals surface area contributed by atoms with E-state index in [2.05, 4.69) is 34.9 Å². The lowest BCUT2D eigenvalue weighted by Gasteiger charge is -2.22. The molecule has 7 heteroatoms. The Hall–Kier alpha value is -4.13. The van der Waals surface area contributed by atoms with Crippen LogP contribution in [0.15, 0.2) is 72.8 Å². The van der Waals surface area contributed by atoms with E-state index in [4.69, 9.17) is 9.84 Å². The van der Waals surface area contributed by atoms with Crippen LogP contribution in [0, 0.1) is 5.92 Å². The molecule has 0 bridgehead atoms. The molecule has 0 aliphatic heterocycles. The summed E-state index contributed by atoms with van der Waals surface area (Å²) in [5.74, 6) is -1.57. The molecule has 180 valence electrons. The zero-order valence-electron chi connectivity index (χ0n) is 19.7. The van der Waals surface area contributed by atoms with Gasteiger partial charge in [-0.2, -0.15) is 0 Å². The van der Waals surface area contributed by atoms with Crippen LogP contribution in [0.4, 0.5) is 4.79 Å². The number of carbonyl (C=O) groups is 3. The normalized spacial score (nSPS) is 13.0. The van der Waals surface area contributed by atoms with E-state index in [1.165, 1.54) is 12.1 Å². The number of carboxylic acids is 1. The molecule has 3 aromatic rings. The number of ether oxygens (including phenoxy) is 1. The second-order valence-electron chi connectivity index (χ2n) is 8.91. The van der Waals surface area contributed by atoms with Crippen LogP contribution in [0.3, 0.4) is 0 Å². The maximum absolute atomic E-state index is 12.8. The lowest BCUT2D eigenvalue weighted by atomic mass is 9.98. The fourth-order valence-electron chi connectivity index (χ4n) is 4.37. The minimum atomic E-state index is -1.01. The lowest BCUT2D eigenvalue weighted by molar-refractivity contribution is -0.124. The summed E-state index contributed by atoms with van der Waals surface area (Å²) in [6.07, 6.45) is -0.647. The Morgan fingerprint density at radius 2 is 1.46 bits per heavy atom. The van der Waals surface area contributed by atoms with Gasteiger partial charge >= 0.3 is 12.1 Å². The van der Waals surface area contributed by atoms with E-state index in [1.807, 2.05) is 38.1 Å². The number of carboxylic acid groups (broad SMARTS) is 1. The smallest absolute Gasteiger partial charge is 0.407 e. The number of aromatic carboxylic acids is 1. The molecule has 1 atom stereocenters. The SMILES string of the molecule is CC(C)C(NC(=O)OCC1c2ccccc2-c2ccccc21)C(=O)NCc1ccc(C(=O)O)cc1.